The highest BCUT2D eigenvalue weighted by molar-refractivity contribution is 9.10. The fraction of sp³-hybridized carbons (Fsp3) is 0.625. The molecule has 0 unspecified atom stereocenters. The zero-order chi connectivity index (χ0) is 14.6. The molecule has 2 bridgehead atoms. The van der Waals surface area contributed by atoms with E-state index in [1.54, 1.807) is 6.33 Å². The smallest absolute Gasteiger partial charge is 0.164 e. The number of aromatic nitrogens is 3. The average Bonchev–Trinajstić information content (AvgIpc) is 2.91. The number of halogens is 1. The van der Waals surface area contributed by atoms with Crippen molar-refractivity contribution in [2.45, 2.75) is 33.1 Å². The molecule has 2 aromatic heterocycles. The van der Waals surface area contributed by atoms with Gasteiger partial charge in [0.1, 0.15) is 12.1 Å². The Morgan fingerprint density at radius 2 is 2.29 bits per heavy atom. The summed E-state index contributed by atoms with van der Waals surface area (Å²) in [4.78, 5) is 0. The first-order chi connectivity index (χ1) is 10.1. The van der Waals surface area contributed by atoms with Gasteiger partial charge in [0.2, 0.25) is 0 Å². The van der Waals surface area contributed by atoms with Crippen molar-refractivity contribution < 1.29 is 4.74 Å². The lowest BCUT2D eigenvalue weighted by Gasteiger charge is -2.60. The minimum absolute atomic E-state index is 0.514. The van der Waals surface area contributed by atoms with Gasteiger partial charge in [-0.25, -0.2) is 0 Å². The molecule has 5 rings (SSSR count). The van der Waals surface area contributed by atoms with Crippen LogP contribution in [0.4, 0.5) is 0 Å². The first kappa shape index (κ1) is 13.6. The number of fused-ring (bicyclic) bond motifs is 3. The van der Waals surface area contributed by atoms with Crippen molar-refractivity contribution in [2.24, 2.45) is 23.2 Å². The number of hydrogen-bond donors (Lipinski definition) is 0. The molecule has 3 atom stereocenters. The summed E-state index contributed by atoms with van der Waals surface area (Å²) in [7, 11) is 0. The van der Waals surface area contributed by atoms with Gasteiger partial charge >= 0.3 is 0 Å². The Balaban J connectivity index is 1.49. The molecule has 4 nitrogen and oxygen atoms in total. The molecule has 0 N–H and O–H groups in total. The topological polar surface area (TPSA) is 39.4 Å². The zero-order valence-corrected chi connectivity index (χ0v) is 14.0. The van der Waals surface area contributed by atoms with Crippen molar-refractivity contribution in [3.63, 3.8) is 0 Å². The molecule has 5 heteroatoms. The van der Waals surface area contributed by atoms with Gasteiger partial charge < -0.3 is 4.74 Å². The molecule has 2 heterocycles. The maximum absolute atomic E-state index is 6.11. The lowest BCUT2D eigenvalue weighted by atomic mass is 9.46. The summed E-state index contributed by atoms with van der Waals surface area (Å²) in [6.07, 6.45) is 7.72. The van der Waals surface area contributed by atoms with Crippen LogP contribution in [0.1, 0.15) is 33.1 Å². The molecule has 0 aromatic carbocycles. The van der Waals surface area contributed by atoms with E-state index in [0.29, 0.717) is 11.3 Å². The predicted molar refractivity (Wildman–Crippen MR) is 84.3 cm³/mol. The van der Waals surface area contributed by atoms with Gasteiger partial charge in [-0.05, 0) is 58.4 Å². The second kappa shape index (κ2) is 4.70. The van der Waals surface area contributed by atoms with Crippen molar-refractivity contribution in [1.29, 1.82) is 0 Å². The average molecular weight is 350 g/mol. The Bertz CT molecular complexity index is 679. The maximum atomic E-state index is 6.11. The molecule has 21 heavy (non-hydrogen) atoms. The predicted octanol–water partition coefficient (Wildman–Crippen LogP) is 3.94. The monoisotopic (exact) mass is 349 g/mol. The highest BCUT2D eigenvalue weighted by atomic mass is 79.9. The van der Waals surface area contributed by atoms with Gasteiger partial charge in [-0.15, -0.1) is 10.2 Å². The van der Waals surface area contributed by atoms with E-state index in [1.165, 1.54) is 19.3 Å². The third kappa shape index (κ3) is 2.08. The molecule has 2 aromatic rings. The molecule has 0 saturated heterocycles. The molecule has 3 aliphatic carbocycles. The number of nitrogens with zero attached hydrogens (tertiary/aromatic N) is 3. The minimum Gasteiger partial charge on any atom is -0.492 e. The van der Waals surface area contributed by atoms with Gasteiger partial charge in [-0.1, -0.05) is 13.8 Å². The summed E-state index contributed by atoms with van der Waals surface area (Å²) in [6, 6.07) is 1.95. The molecule has 0 amide bonds. The van der Waals surface area contributed by atoms with Crippen LogP contribution < -0.4 is 4.74 Å². The Hall–Kier alpha value is -1.10. The molecule has 112 valence electrons. The van der Waals surface area contributed by atoms with Gasteiger partial charge in [-0.2, -0.15) is 0 Å². The summed E-state index contributed by atoms with van der Waals surface area (Å²) >= 11 is 3.57. The lowest BCUT2D eigenvalue weighted by Crippen LogP contribution is -2.53. The van der Waals surface area contributed by atoms with Crippen LogP contribution in [0, 0.1) is 23.2 Å². The number of pyridine rings is 1. The van der Waals surface area contributed by atoms with Crippen LogP contribution in [0.2, 0.25) is 0 Å². The van der Waals surface area contributed by atoms with Crippen LogP contribution in [-0.4, -0.2) is 21.2 Å². The Morgan fingerprint density at radius 1 is 1.43 bits per heavy atom. The van der Waals surface area contributed by atoms with Gasteiger partial charge in [0.25, 0.3) is 0 Å². The third-order valence-electron chi connectivity index (χ3n) is 5.80. The summed E-state index contributed by atoms with van der Waals surface area (Å²) in [5.41, 5.74) is 1.33. The standard InChI is InChI=1S/C16H20BrN3O/c1-16(2)11-4-3-10(12(16)5-11)8-21-14-6-15-19-18-9-20(15)7-13(14)17/h6-7,9-12H,3-5,8H2,1-2H3/t10-,11+,12-/m1/s1. The summed E-state index contributed by atoms with van der Waals surface area (Å²) in [6.45, 7) is 5.66. The molecule has 0 spiro atoms. The fourth-order valence-corrected chi connectivity index (χ4v) is 4.75. The second-order valence-corrected chi connectivity index (χ2v) is 7.95. The zero-order valence-electron chi connectivity index (χ0n) is 12.4. The Morgan fingerprint density at radius 3 is 3.05 bits per heavy atom. The molecular formula is C16H20BrN3O. The molecular weight excluding hydrogens is 330 g/mol. The van der Waals surface area contributed by atoms with E-state index in [9.17, 15) is 0 Å². The third-order valence-corrected chi connectivity index (χ3v) is 6.40. The summed E-state index contributed by atoms with van der Waals surface area (Å²) < 4.78 is 8.96. The second-order valence-electron chi connectivity index (χ2n) is 7.09. The Kier molecular flexibility index (Phi) is 3.03. The van der Waals surface area contributed by atoms with Gasteiger partial charge in [0.15, 0.2) is 5.65 Å². The van der Waals surface area contributed by atoms with Crippen LogP contribution >= 0.6 is 15.9 Å². The van der Waals surface area contributed by atoms with Gasteiger partial charge in [0, 0.05) is 12.3 Å². The van der Waals surface area contributed by atoms with E-state index in [-0.39, 0.29) is 0 Å². The van der Waals surface area contributed by atoms with Crippen molar-refractivity contribution in [3.8, 4) is 5.75 Å². The summed E-state index contributed by atoms with van der Waals surface area (Å²) in [5, 5.41) is 7.98. The minimum atomic E-state index is 0.514. The molecule has 3 saturated carbocycles. The van der Waals surface area contributed by atoms with Crippen molar-refractivity contribution in [3.05, 3.63) is 23.1 Å². The first-order valence-electron chi connectivity index (χ1n) is 7.67. The van der Waals surface area contributed by atoms with E-state index in [2.05, 4.69) is 40.0 Å². The number of hydrogen-bond acceptors (Lipinski definition) is 3. The first-order valence-corrected chi connectivity index (χ1v) is 8.46. The summed E-state index contributed by atoms with van der Waals surface area (Å²) in [5.74, 6) is 3.32. The van der Waals surface area contributed by atoms with Crippen LogP contribution in [-0.2, 0) is 0 Å². The van der Waals surface area contributed by atoms with Crippen molar-refractivity contribution in [1.82, 2.24) is 14.6 Å². The van der Waals surface area contributed by atoms with Gasteiger partial charge in [0.05, 0.1) is 11.1 Å². The van der Waals surface area contributed by atoms with E-state index >= 15 is 0 Å². The molecule has 3 fully saturated rings. The van der Waals surface area contributed by atoms with E-state index in [0.717, 1.165) is 34.3 Å². The normalized spacial score (nSPS) is 30.1. The molecule has 0 radical (unpaired) electrons. The SMILES string of the molecule is CC1(C)[C@H]2CC[C@H](COc3cc4nncn4cc3Br)[C@H]1C2. The lowest BCUT2D eigenvalue weighted by molar-refractivity contribution is -0.114. The van der Waals surface area contributed by atoms with Crippen LogP contribution in [0.25, 0.3) is 5.65 Å². The van der Waals surface area contributed by atoms with E-state index in [1.807, 2.05) is 16.7 Å². The van der Waals surface area contributed by atoms with Crippen molar-refractivity contribution >= 4 is 21.6 Å². The van der Waals surface area contributed by atoms with Gasteiger partial charge in [-0.3, -0.25) is 4.40 Å². The van der Waals surface area contributed by atoms with Crippen molar-refractivity contribution in [2.75, 3.05) is 6.61 Å². The number of rotatable bonds is 3. The number of ether oxygens (including phenoxy) is 1. The molecule has 0 aliphatic heterocycles. The maximum Gasteiger partial charge on any atom is 0.164 e. The van der Waals surface area contributed by atoms with Crippen LogP contribution in [0.3, 0.4) is 0 Å². The fourth-order valence-electron chi connectivity index (χ4n) is 4.30. The highest BCUT2D eigenvalue weighted by Gasteiger charge is 2.54. The van der Waals surface area contributed by atoms with Crippen LogP contribution in [0.5, 0.6) is 5.75 Å². The molecule has 3 aliphatic rings. The largest absolute Gasteiger partial charge is 0.492 e. The quantitative estimate of drug-likeness (QED) is 0.842. The van der Waals surface area contributed by atoms with E-state index in [4.69, 9.17) is 4.74 Å². The van der Waals surface area contributed by atoms with Crippen LogP contribution in [0.15, 0.2) is 23.1 Å². The Labute approximate surface area is 133 Å². The van der Waals surface area contributed by atoms with E-state index < -0.39 is 0 Å². The highest BCUT2D eigenvalue weighted by Crippen LogP contribution is 2.61.